The summed E-state index contributed by atoms with van der Waals surface area (Å²) in [4.78, 5) is 10.0. The van der Waals surface area contributed by atoms with Gasteiger partial charge in [-0.1, -0.05) is 27.7 Å². The van der Waals surface area contributed by atoms with Crippen molar-refractivity contribution in [3.63, 3.8) is 0 Å². The van der Waals surface area contributed by atoms with E-state index in [2.05, 4.69) is 49.7 Å². The first-order chi connectivity index (χ1) is 13.5. The highest BCUT2D eigenvalue weighted by Gasteiger charge is 2.23. The summed E-state index contributed by atoms with van der Waals surface area (Å²) in [6.07, 6.45) is 4.69. The largest absolute Gasteiger partial charge is 0.385 e. The molecule has 0 saturated carbocycles. The maximum Gasteiger partial charge on any atom is 0.193 e. The van der Waals surface area contributed by atoms with Crippen LogP contribution in [0.1, 0.15) is 60.3 Å². The lowest BCUT2D eigenvalue weighted by atomic mass is 10.0. The van der Waals surface area contributed by atoms with Gasteiger partial charge < -0.3 is 19.7 Å². The lowest BCUT2D eigenvalue weighted by Crippen LogP contribution is -2.48. The highest BCUT2D eigenvalue weighted by atomic mass is 16.5. The summed E-state index contributed by atoms with van der Waals surface area (Å²) in [7, 11) is 1.74. The molecule has 1 N–H and O–H groups in total. The molecule has 6 heteroatoms. The van der Waals surface area contributed by atoms with Gasteiger partial charge in [-0.2, -0.15) is 0 Å². The Labute approximate surface area is 174 Å². The van der Waals surface area contributed by atoms with Crippen LogP contribution in [-0.2, 0) is 9.47 Å². The molecule has 28 heavy (non-hydrogen) atoms. The van der Waals surface area contributed by atoms with Gasteiger partial charge in [-0.05, 0) is 51.6 Å². The lowest BCUT2D eigenvalue weighted by Gasteiger charge is -2.35. The summed E-state index contributed by atoms with van der Waals surface area (Å²) in [5.41, 5.74) is 0. The summed E-state index contributed by atoms with van der Waals surface area (Å²) in [6, 6.07) is 0.519. The highest BCUT2D eigenvalue weighted by molar-refractivity contribution is 5.80. The fourth-order valence-electron chi connectivity index (χ4n) is 3.93. The molecule has 0 aromatic heterocycles. The molecule has 1 fully saturated rings. The first-order valence-corrected chi connectivity index (χ1v) is 11.4. The zero-order valence-electron chi connectivity index (χ0n) is 19.4. The number of aliphatic imine (C=N–C) groups is 1. The molecule has 1 saturated heterocycles. The number of rotatable bonds is 13. The SMILES string of the molecule is CCNC(=NCC(CC(C)C)N(CC)CC)N1CCC(OCCCOC)CC1. The Kier molecular flexibility index (Phi) is 13.5. The molecule has 0 radical (unpaired) electrons. The van der Waals surface area contributed by atoms with Crippen LogP contribution in [0.4, 0.5) is 0 Å². The molecule has 0 aromatic rings. The number of methoxy groups -OCH3 is 1. The van der Waals surface area contributed by atoms with Gasteiger partial charge in [-0.3, -0.25) is 9.89 Å². The topological polar surface area (TPSA) is 49.3 Å². The molecular weight excluding hydrogens is 352 g/mol. The first-order valence-electron chi connectivity index (χ1n) is 11.4. The molecule has 6 nitrogen and oxygen atoms in total. The van der Waals surface area contributed by atoms with Gasteiger partial charge >= 0.3 is 0 Å². The minimum atomic E-state index is 0.375. The van der Waals surface area contributed by atoms with Gasteiger partial charge in [-0.15, -0.1) is 0 Å². The van der Waals surface area contributed by atoms with Gasteiger partial charge in [0.15, 0.2) is 5.96 Å². The number of likely N-dealkylation sites (N-methyl/N-ethyl adjacent to an activating group) is 1. The molecule has 1 aliphatic rings. The number of hydrogen-bond acceptors (Lipinski definition) is 4. The summed E-state index contributed by atoms with van der Waals surface area (Å²) < 4.78 is 11.1. The highest BCUT2D eigenvalue weighted by Crippen LogP contribution is 2.16. The van der Waals surface area contributed by atoms with E-state index in [1.54, 1.807) is 7.11 Å². The number of nitrogens with one attached hydrogen (secondary N) is 1. The van der Waals surface area contributed by atoms with Gasteiger partial charge in [0.05, 0.1) is 12.6 Å². The van der Waals surface area contributed by atoms with E-state index in [1.165, 1.54) is 6.42 Å². The van der Waals surface area contributed by atoms with Crippen LogP contribution in [0.2, 0.25) is 0 Å². The molecule has 0 amide bonds. The molecule has 1 atom stereocenters. The van der Waals surface area contributed by atoms with Gasteiger partial charge in [0.25, 0.3) is 0 Å². The Hall–Kier alpha value is -0.850. The molecule has 1 heterocycles. The predicted octanol–water partition coefficient (Wildman–Crippen LogP) is 3.23. The predicted molar refractivity (Wildman–Crippen MR) is 119 cm³/mol. The fraction of sp³-hybridized carbons (Fsp3) is 0.955. The quantitative estimate of drug-likeness (QED) is 0.293. The average molecular weight is 399 g/mol. The second kappa shape index (κ2) is 15.1. The Balaban J connectivity index is 2.60. The van der Waals surface area contributed by atoms with Crippen molar-refractivity contribution < 1.29 is 9.47 Å². The molecule has 0 aliphatic carbocycles. The van der Waals surface area contributed by atoms with Crippen molar-refractivity contribution >= 4 is 5.96 Å². The third-order valence-electron chi connectivity index (χ3n) is 5.45. The van der Waals surface area contributed by atoms with E-state index in [4.69, 9.17) is 14.5 Å². The second-order valence-corrected chi connectivity index (χ2v) is 8.10. The maximum absolute atomic E-state index is 6.00. The lowest BCUT2D eigenvalue weighted by molar-refractivity contribution is 0.00988. The smallest absolute Gasteiger partial charge is 0.193 e. The number of likely N-dealkylation sites (tertiary alicyclic amines) is 1. The van der Waals surface area contributed by atoms with Crippen LogP contribution in [0.5, 0.6) is 0 Å². The van der Waals surface area contributed by atoms with E-state index in [9.17, 15) is 0 Å². The van der Waals surface area contributed by atoms with Crippen LogP contribution in [-0.4, -0.2) is 87.5 Å². The van der Waals surface area contributed by atoms with E-state index in [-0.39, 0.29) is 0 Å². The summed E-state index contributed by atoms with van der Waals surface area (Å²) in [5.74, 6) is 1.76. The van der Waals surface area contributed by atoms with Crippen molar-refractivity contribution in [2.24, 2.45) is 10.9 Å². The van der Waals surface area contributed by atoms with E-state index in [0.717, 1.165) is 77.7 Å². The third-order valence-corrected chi connectivity index (χ3v) is 5.45. The molecule has 166 valence electrons. The standard InChI is InChI=1S/C22H46N4O2/c1-7-23-22(24-18-20(17-19(4)5)25(8-2)9-3)26-13-11-21(12-14-26)28-16-10-15-27-6/h19-21H,7-18H2,1-6H3,(H,23,24). The van der Waals surface area contributed by atoms with Crippen LogP contribution in [0.3, 0.4) is 0 Å². The Morgan fingerprint density at radius 1 is 1.14 bits per heavy atom. The zero-order chi connectivity index (χ0) is 20.8. The fourth-order valence-corrected chi connectivity index (χ4v) is 3.93. The van der Waals surface area contributed by atoms with E-state index < -0.39 is 0 Å². The van der Waals surface area contributed by atoms with Gasteiger partial charge in [0.2, 0.25) is 0 Å². The van der Waals surface area contributed by atoms with Crippen LogP contribution in [0.25, 0.3) is 0 Å². The average Bonchev–Trinajstić information content (AvgIpc) is 2.69. The van der Waals surface area contributed by atoms with Gasteiger partial charge in [0.1, 0.15) is 0 Å². The Bertz CT molecular complexity index is 405. The molecule has 1 aliphatic heterocycles. The van der Waals surface area contributed by atoms with Crippen molar-refractivity contribution in [2.75, 3.05) is 59.6 Å². The summed E-state index contributed by atoms with van der Waals surface area (Å²) in [5, 5.41) is 3.51. The van der Waals surface area contributed by atoms with E-state index >= 15 is 0 Å². The number of piperidine rings is 1. The van der Waals surface area contributed by atoms with Gasteiger partial charge in [-0.25, -0.2) is 0 Å². The van der Waals surface area contributed by atoms with Gasteiger partial charge in [0, 0.05) is 46.0 Å². The van der Waals surface area contributed by atoms with E-state index in [1.807, 2.05) is 0 Å². The molecule has 0 spiro atoms. The summed E-state index contributed by atoms with van der Waals surface area (Å²) in [6.45, 7) is 18.8. The number of guanidine groups is 1. The number of nitrogens with zero attached hydrogens (tertiary/aromatic N) is 3. The number of hydrogen-bond donors (Lipinski definition) is 1. The molecule has 0 bridgehead atoms. The maximum atomic E-state index is 6.00. The normalized spacial score (nSPS) is 17.6. The van der Waals surface area contributed by atoms with Crippen LogP contribution in [0, 0.1) is 5.92 Å². The summed E-state index contributed by atoms with van der Waals surface area (Å²) >= 11 is 0. The van der Waals surface area contributed by atoms with Crippen LogP contribution >= 0.6 is 0 Å². The van der Waals surface area contributed by atoms with Crippen LogP contribution < -0.4 is 5.32 Å². The Morgan fingerprint density at radius 3 is 2.36 bits per heavy atom. The van der Waals surface area contributed by atoms with E-state index in [0.29, 0.717) is 18.1 Å². The second-order valence-electron chi connectivity index (χ2n) is 8.10. The Morgan fingerprint density at radius 2 is 1.82 bits per heavy atom. The molecule has 1 rings (SSSR count). The van der Waals surface area contributed by atoms with Crippen molar-refractivity contribution in [2.45, 2.75) is 72.4 Å². The minimum Gasteiger partial charge on any atom is -0.385 e. The zero-order valence-corrected chi connectivity index (χ0v) is 19.4. The number of ether oxygens (including phenoxy) is 2. The molecule has 0 aromatic carbocycles. The molecular formula is C22H46N4O2. The van der Waals surface area contributed by atoms with Crippen molar-refractivity contribution in [3.8, 4) is 0 Å². The first kappa shape index (κ1) is 25.2. The van der Waals surface area contributed by atoms with Crippen LogP contribution in [0.15, 0.2) is 4.99 Å². The molecule has 1 unspecified atom stereocenters. The third kappa shape index (κ3) is 9.57. The van der Waals surface area contributed by atoms with Crippen molar-refractivity contribution in [1.29, 1.82) is 0 Å². The minimum absolute atomic E-state index is 0.375. The monoisotopic (exact) mass is 398 g/mol. The van der Waals surface area contributed by atoms with Crippen molar-refractivity contribution in [3.05, 3.63) is 0 Å². The van der Waals surface area contributed by atoms with Crippen molar-refractivity contribution in [1.82, 2.24) is 15.1 Å².